The molecule has 0 spiro atoms. The summed E-state index contributed by atoms with van der Waals surface area (Å²) in [6.45, 7) is 18.2. The minimum absolute atomic E-state index is 0.0979. The van der Waals surface area contributed by atoms with Gasteiger partial charge in [-0.2, -0.15) is 0 Å². The Kier molecular flexibility index (Phi) is 31.6. The highest BCUT2D eigenvalue weighted by atomic mass is 16.5. The summed E-state index contributed by atoms with van der Waals surface area (Å²) in [5, 5.41) is 17.1. The molecule has 1 heterocycles. The van der Waals surface area contributed by atoms with E-state index in [1.54, 1.807) is 0 Å². The summed E-state index contributed by atoms with van der Waals surface area (Å²) < 4.78 is 5.81. The highest BCUT2D eigenvalue weighted by Crippen LogP contribution is 2.20. The van der Waals surface area contributed by atoms with E-state index in [2.05, 4.69) is 64.7 Å². The van der Waals surface area contributed by atoms with Crippen molar-refractivity contribution in [2.24, 2.45) is 5.92 Å². The van der Waals surface area contributed by atoms with E-state index in [0.29, 0.717) is 6.42 Å². The second-order valence-corrected chi connectivity index (χ2v) is 9.94. The zero-order valence-electron chi connectivity index (χ0n) is 26.0. The number of aliphatic hydroxyl groups excluding tert-OH is 2. The largest absolute Gasteiger partial charge is 0.458 e. The van der Waals surface area contributed by atoms with Gasteiger partial charge < -0.3 is 19.7 Å². The van der Waals surface area contributed by atoms with Gasteiger partial charge in [0.1, 0.15) is 12.9 Å². The second kappa shape index (κ2) is 30.0. The minimum atomic E-state index is -0.296. The number of aliphatic hydroxyl groups is 2. The Bertz CT molecular complexity index is 754. The van der Waals surface area contributed by atoms with Crippen LogP contribution in [0.1, 0.15) is 106 Å². The number of esters is 1. The molecular formula is C34H58O5. The molecule has 1 aliphatic heterocycles. The molecule has 0 aliphatic carbocycles. The number of ether oxygens (including phenoxy) is 1. The van der Waals surface area contributed by atoms with Crippen molar-refractivity contribution in [3.63, 3.8) is 0 Å². The molecule has 39 heavy (non-hydrogen) atoms. The first-order valence-corrected chi connectivity index (χ1v) is 14.2. The lowest BCUT2D eigenvalue weighted by Crippen LogP contribution is -2.24. The van der Waals surface area contributed by atoms with Gasteiger partial charge in [0.15, 0.2) is 0 Å². The molecule has 0 aromatic rings. The third-order valence-corrected chi connectivity index (χ3v) is 6.14. The van der Waals surface area contributed by atoms with Crippen LogP contribution in [0.2, 0.25) is 0 Å². The Morgan fingerprint density at radius 2 is 1.59 bits per heavy atom. The number of cyclic esters (lactones) is 1. The van der Waals surface area contributed by atoms with E-state index in [1.165, 1.54) is 36.5 Å². The molecule has 224 valence electrons. The zero-order chi connectivity index (χ0) is 30.5. The monoisotopic (exact) mass is 546 g/mol. The first-order chi connectivity index (χ1) is 18.7. The highest BCUT2D eigenvalue weighted by molar-refractivity contribution is 5.82. The predicted octanol–water partition coefficient (Wildman–Crippen LogP) is 8.40. The van der Waals surface area contributed by atoms with Gasteiger partial charge in [0.25, 0.3) is 0 Å². The summed E-state index contributed by atoms with van der Waals surface area (Å²) in [7, 11) is 1.00. The van der Waals surface area contributed by atoms with Crippen LogP contribution in [0.3, 0.4) is 0 Å². The molecule has 0 amide bonds. The average Bonchev–Trinajstić information content (AvgIpc) is 2.93. The third kappa shape index (κ3) is 28.3. The third-order valence-electron chi connectivity index (χ3n) is 6.14. The van der Waals surface area contributed by atoms with Crippen molar-refractivity contribution in [3.05, 3.63) is 71.9 Å². The first kappa shape index (κ1) is 41.0. The van der Waals surface area contributed by atoms with Crippen molar-refractivity contribution in [2.45, 2.75) is 118 Å². The zero-order valence-corrected chi connectivity index (χ0v) is 26.0. The topological polar surface area (TPSA) is 83.8 Å². The number of rotatable bonds is 3. The summed E-state index contributed by atoms with van der Waals surface area (Å²) in [6.07, 6.45) is 25.2. The number of carbonyl (C=O) groups excluding carboxylic acids is 2. The molecule has 5 heteroatoms. The number of hydrogen-bond donors (Lipinski definition) is 2. The molecule has 2 unspecified atom stereocenters. The van der Waals surface area contributed by atoms with E-state index in [1.807, 2.05) is 32.8 Å². The van der Waals surface area contributed by atoms with Crippen LogP contribution in [0.5, 0.6) is 0 Å². The maximum absolute atomic E-state index is 12.4. The Morgan fingerprint density at radius 3 is 2.18 bits per heavy atom. The van der Waals surface area contributed by atoms with Crippen LogP contribution in [0.25, 0.3) is 0 Å². The Hall–Kier alpha value is -2.50. The van der Waals surface area contributed by atoms with E-state index in [4.69, 9.17) is 14.6 Å². The van der Waals surface area contributed by atoms with Gasteiger partial charge >= 0.3 is 5.97 Å². The van der Waals surface area contributed by atoms with Crippen molar-refractivity contribution in [3.8, 4) is 0 Å². The van der Waals surface area contributed by atoms with Gasteiger partial charge in [0.2, 0.25) is 0 Å². The molecule has 0 saturated carbocycles. The average molecular weight is 547 g/mol. The van der Waals surface area contributed by atoms with E-state index < -0.39 is 0 Å². The lowest BCUT2D eigenvalue weighted by atomic mass is 9.95. The summed E-state index contributed by atoms with van der Waals surface area (Å²) in [5.74, 6) is -0.199. The molecule has 1 aliphatic rings. The standard InChI is InChI=1S/C27H42O3.C5H10.CH4O.CH2O/c1-5-22(2)20-24(4)26-21-23(3)16-12-9-7-6-8-10-13-17-25(28)18-14-11-15-19-27(29)30-26;1-4-5(2)3;2*1-2/h5,9,12,15-16,19-20,24-26,28H,1,6-8,10-11,13-14,17-18,21H2,2-4H3;4H,1-3H3;2H,1H3;1H2/b12-9+,19-15+,22-20+,23-16+;;;/t24?,25?,26-;;;/m1.../s1. The SMILES string of the molecule is C=C/C(C)=C/C(C)[C@H]1C/C(C)=C/C=C/CCCCCCC(O)CCC/C=C/C(=O)O1.C=O.CC=C(C)C.CO. The Morgan fingerprint density at radius 1 is 1.03 bits per heavy atom. The summed E-state index contributed by atoms with van der Waals surface area (Å²) >= 11 is 0. The van der Waals surface area contributed by atoms with Gasteiger partial charge in [-0.05, 0) is 73.1 Å². The fraction of sp³-hybridized carbons (Fsp3) is 0.588. The Balaban J connectivity index is -0.00000126. The molecule has 0 aromatic carbocycles. The van der Waals surface area contributed by atoms with Crippen LogP contribution in [-0.4, -0.2) is 42.3 Å². The van der Waals surface area contributed by atoms with Gasteiger partial charge in [-0.1, -0.05) is 92.0 Å². The van der Waals surface area contributed by atoms with Gasteiger partial charge in [-0.25, -0.2) is 4.79 Å². The number of carbonyl (C=O) groups is 2. The van der Waals surface area contributed by atoms with E-state index >= 15 is 0 Å². The maximum Gasteiger partial charge on any atom is 0.330 e. The fourth-order valence-electron chi connectivity index (χ4n) is 3.62. The predicted molar refractivity (Wildman–Crippen MR) is 168 cm³/mol. The van der Waals surface area contributed by atoms with Crippen LogP contribution in [0, 0.1) is 5.92 Å². The first-order valence-electron chi connectivity index (χ1n) is 14.2. The molecule has 0 fully saturated rings. The van der Waals surface area contributed by atoms with Crippen molar-refractivity contribution >= 4 is 12.8 Å². The van der Waals surface area contributed by atoms with E-state index in [-0.39, 0.29) is 24.1 Å². The van der Waals surface area contributed by atoms with E-state index in [0.717, 1.165) is 51.2 Å². The van der Waals surface area contributed by atoms with Gasteiger partial charge in [0.05, 0.1) is 6.10 Å². The van der Waals surface area contributed by atoms with Gasteiger partial charge in [-0.15, -0.1) is 0 Å². The van der Waals surface area contributed by atoms with Crippen molar-refractivity contribution in [1.29, 1.82) is 0 Å². The summed E-state index contributed by atoms with van der Waals surface area (Å²) in [4.78, 5) is 20.4. The molecule has 0 radical (unpaired) electrons. The number of allylic oxidation sites excluding steroid dienone is 8. The lowest BCUT2D eigenvalue weighted by molar-refractivity contribution is -0.144. The molecule has 0 aromatic heterocycles. The highest BCUT2D eigenvalue weighted by Gasteiger charge is 2.19. The smallest absolute Gasteiger partial charge is 0.330 e. The van der Waals surface area contributed by atoms with Crippen molar-refractivity contribution in [2.75, 3.05) is 7.11 Å². The molecule has 0 bridgehead atoms. The fourth-order valence-corrected chi connectivity index (χ4v) is 3.62. The molecule has 1 rings (SSSR count). The van der Waals surface area contributed by atoms with Crippen LogP contribution in [-0.2, 0) is 14.3 Å². The molecule has 2 N–H and O–H groups in total. The Labute approximate surface area is 240 Å². The van der Waals surface area contributed by atoms with Crippen LogP contribution in [0.15, 0.2) is 71.9 Å². The summed E-state index contributed by atoms with van der Waals surface area (Å²) in [5.41, 5.74) is 3.67. The normalized spacial score (nSPS) is 23.5. The second-order valence-electron chi connectivity index (χ2n) is 9.94. The van der Waals surface area contributed by atoms with Crippen LogP contribution >= 0.6 is 0 Å². The lowest BCUT2D eigenvalue weighted by Gasteiger charge is -2.22. The molecule has 5 nitrogen and oxygen atoms in total. The summed E-state index contributed by atoms with van der Waals surface area (Å²) in [6, 6.07) is 0. The quantitative estimate of drug-likeness (QED) is 0.211. The van der Waals surface area contributed by atoms with Crippen LogP contribution in [0.4, 0.5) is 0 Å². The number of hydrogen-bond acceptors (Lipinski definition) is 5. The molecular weight excluding hydrogens is 488 g/mol. The van der Waals surface area contributed by atoms with Gasteiger partial charge in [0, 0.05) is 25.5 Å². The molecule has 0 saturated heterocycles. The molecule has 3 atom stereocenters. The van der Waals surface area contributed by atoms with Crippen molar-refractivity contribution in [1.82, 2.24) is 0 Å². The van der Waals surface area contributed by atoms with Crippen molar-refractivity contribution < 1.29 is 24.5 Å². The minimum Gasteiger partial charge on any atom is -0.458 e. The van der Waals surface area contributed by atoms with E-state index in [9.17, 15) is 9.90 Å². The van der Waals surface area contributed by atoms with Gasteiger partial charge in [-0.3, -0.25) is 0 Å². The van der Waals surface area contributed by atoms with Crippen LogP contribution < -0.4 is 0 Å². The maximum atomic E-state index is 12.4.